The summed E-state index contributed by atoms with van der Waals surface area (Å²) in [6, 6.07) is 0. The molecule has 0 aliphatic rings. The van der Waals surface area contributed by atoms with Crippen LogP contribution in [0.5, 0.6) is 0 Å². The van der Waals surface area contributed by atoms with Gasteiger partial charge in [0, 0.05) is 63.4 Å². The zero-order valence-corrected chi connectivity index (χ0v) is 22.2. The molecule has 0 fully saturated rings. The van der Waals surface area contributed by atoms with Crippen molar-refractivity contribution >= 4 is 5.91 Å². The average molecular weight is 546 g/mol. The van der Waals surface area contributed by atoms with Gasteiger partial charge in [-0.15, -0.1) is 0 Å². The quantitative estimate of drug-likeness (QED) is 0.0689. The van der Waals surface area contributed by atoms with E-state index >= 15 is 0 Å². The van der Waals surface area contributed by atoms with Crippen molar-refractivity contribution in [2.75, 3.05) is 73.0 Å². The van der Waals surface area contributed by atoms with Crippen molar-refractivity contribution in [1.29, 1.82) is 0 Å². The van der Waals surface area contributed by atoms with Gasteiger partial charge in [-0.05, 0) is 13.5 Å². The third-order valence-corrected chi connectivity index (χ3v) is 3.93. The first-order chi connectivity index (χ1) is 15.0. The van der Waals surface area contributed by atoms with Crippen LogP contribution in [0.3, 0.4) is 0 Å². The number of amides is 1. The molecular weight excluding hydrogens is 501 g/mol. The van der Waals surface area contributed by atoms with E-state index in [-0.39, 0.29) is 103 Å². The Hall–Kier alpha value is 0.174. The zero-order valence-electron chi connectivity index (χ0n) is 19.3. The molecule has 1 amide bonds. The van der Waals surface area contributed by atoms with Gasteiger partial charge in [-0.25, -0.2) is 5.48 Å². The molecule has 13 heteroatoms. The summed E-state index contributed by atoms with van der Waals surface area (Å²) in [6.45, 7) is 1.19. The fourth-order valence-electron chi connectivity index (χ4n) is 2.03. The van der Waals surface area contributed by atoms with E-state index < -0.39 is 0 Å². The second-order valence-corrected chi connectivity index (χ2v) is 6.79. The molecule has 0 aliphatic heterocycles. The van der Waals surface area contributed by atoms with E-state index in [4.69, 9.17) is 46.6 Å². The van der Waals surface area contributed by atoms with Crippen molar-refractivity contribution in [3.05, 3.63) is 5.73 Å². The van der Waals surface area contributed by atoms with Gasteiger partial charge in [0.2, 0.25) is 5.91 Å². The van der Waals surface area contributed by atoms with Crippen molar-refractivity contribution in [3.8, 4) is 0 Å². The molecule has 12 nitrogen and oxygen atoms in total. The van der Waals surface area contributed by atoms with E-state index in [0.29, 0.717) is 26.2 Å². The Bertz CT molecular complexity index is 337. The number of rotatable bonds is 19. The molecule has 0 unspecified atom stereocenters. The number of hydroxylamine groups is 1. The van der Waals surface area contributed by atoms with Crippen LogP contribution in [0.25, 0.3) is 5.73 Å². The summed E-state index contributed by atoms with van der Waals surface area (Å²) < 4.78 is 10.7. The maximum atomic E-state index is 10.1. The molecule has 0 aromatic heterocycles. The topological polar surface area (TPSA) is 225 Å². The van der Waals surface area contributed by atoms with Crippen LogP contribution in [0.15, 0.2) is 0 Å². The number of carbonyl (C=O) groups excluding carboxylic acids is 1. The summed E-state index contributed by atoms with van der Waals surface area (Å²) in [7, 11) is 1.50. The number of unbranched alkanes of at least 4 members (excludes halogenated alkanes) is 2. The third-order valence-electron chi connectivity index (χ3n) is 3.93. The van der Waals surface area contributed by atoms with Crippen molar-refractivity contribution in [3.63, 3.8) is 0 Å². The Kier molecular flexibility index (Phi) is 41.0. The van der Waals surface area contributed by atoms with Crippen LogP contribution in [0.2, 0.25) is 0 Å². The third kappa shape index (κ3) is 30.2. The van der Waals surface area contributed by atoms with Gasteiger partial charge in [-0.1, -0.05) is 12.8 Å². The van der Waals surface area contributed by atoms with Crippen molar-refractivity contribution in [1.82, 2.24) is 5.48 Å². The van der Waals surface area contributed by atoms with E-state index in [1.54, 1.807) is 0 Å². The number of nitrogens with two attached hydrogens (primary N) is 2. The minimum absolute atomic E-state index is 0. The molecule has 0 rings (SSSR count). The number of aliphatic hydroxyl groups is 4. The van der Waals surface area contributed by atoms with Gasteiger partial charge >= 0.3 is 0 Å². The normalized spacial score (nSPS) is 10.3. The number of carbonyl (C=O) groups is 1. The molecule has 0 aromatic rings. The van der Waals surface area contributed by atoms with Gasteiger partial charge in [0.25, 0.3) is 0 Å². The molecule has 1 radical (unpaired) electrons. The van der Waals surface area contributed by atoms with Crippen LogP contribution in [-0.4, -0.2) is 105 Å². The molecule has 0 spiro atoms. The molecule has 0 saturated carbocycles. The molecule has 11 N–H and O–H groups in total. The zero-order chi connectivity index (χ0) is 24.3. The number of primary amides is 1. The average Bonchev–Trinajstić information content (AvgIpc) is 2.79. The van der Waals surface area contributed by atoms with Crippen LogP contribution < -0.4 is 16.9 Å². The van der Waals surface area contributed by atoms with Gasteiger partial charge < -0.3 is 52.3 Å². The maximum Gasteiger partial charge on any atom is 0.217 e. The predicted molar refractivity (Wildman–Crippen MR) is 117 cm³/mol. The van der Waals surface area contributed by atoms with Crippen LogP contribution in [0.4, 0.5) is 0 Å². The van der Waals surface area contributed by atoms with Crippen LogP contribution in [-0.2, 0) is 47.0 Å². The van der Waals surface area contributed by atoms with E-state index in [2.05, 4.69) is 5.73 Å². The molecule has 0 saturated heterocycles. The number of nitrogens with one attached hydrogen (secondary N) is 2. The fraction of sp³-hybridized carbons (Fsp3) is 0.947. The summed E-state index contributed by atoms with van der Waals surface area (Å²) in [5.41, 5.74) is 18.2. The predicted octanol–water partition coefficient (Wildman–Crippen LogP) is -1.53. The summed E-state index contributed by atoms with van der Waals surface area (Å²) in [4.78, 5) is 10.1. The summed E-state index contributed by atoms with van der Waals surface area (Å²) >= 11 is 0. The molecule has 0 heterocycles. The van der Waals surface area contributed by atoms with Gasteiger partial charge in [0.05, 0.1) is 52.9 Å². The summed E-state index contributed by atoms with van der Waals surface area (Å²) in [6.07, 6.45) is 3.15. The first-order valence-corrected chi connectivity index (χ1v) is 10.4. The monoisotopic (exact) mass is 546 g/mol. The van der Waals surface area contributed by atoms with E-state index in [9.17, 15) is 4.79 Å². The second kappa shape index (κ2) is 33.3. The second-order valence-electron chi connectivity index (χ2n) is 6.79. The molecule has 0 bridgehead atoms. The van der Waals surface area contributed by atoms with Crippen LogP contribution >= 0.6 is 0 Å². The first-order valence-electron chi connectivity index (χ1n) is 10.4. The number of ether oxygens (including phenoxy) is 2. The molecule has 193 valence electrons. The Morgan fingerprint density at radius 3 is 1.56 bits per heavy atom. The first kappa shape index (κ1) is 39.4. The van der Waals surface area contributed by atoms with Gasteiger partial charge in [0.1, 0.15) is 0 Å². The number of hydrogen-bond donors (Lipinski definition) is 8. The van der Waals surface area contributed by atoms with Crippen molar-refractivity contribution in [2.45, 2.75) is 25.7 Å². The molecule has 0 atom stereocenters. The van der Waals surface area contributed by atoms with Gasteiger partial charge in [-0.3, -0.25) is 4.79 Å². The van der Waals surface area contributed by atoms with E-state index in [1.807, 2.05) is 5.48 Å². The van der Waals surface area contributed by atoms with Crippen molar-refractivity contribution < 1.29 is 72.6 Å². The maximum absolute atomic E-state index is 10.1. The molecule has 0 aliphatic carbocycles. The van der Waals surface area contributed by atoms with Gasteiger partial charge in [-0.2, -0.15) is 6.54 Å². The van der Waals surface area contributed by atoms with E-state index in [0.717, 1.165) is 19.3 Å². The van der Waals surface area contributed by atoms with E-state index in [1.165, 1.54) is 7.05 Å². The Morgan fingerprint density at radius 1 is 0.844 bits per heavy atom. The van der Waals surface area contributed by atoms with Gasteiger partial charge in [0.15, 0.2) is 0 Å². The smallest absolute Gasteiger partial charge is 0.217 e. The van der Waals surface area contributed by atoms with Crippen LogP contribution in [0.1, 0.15) is 25.7 Å². The summed E-state index contributed by atoms with van der Waals surface area (Å²) in [5, 5.41) is 44.3. The number of aliphatic hydroxyl groups excluding tert-OH is 4. The minimum atomic E-state index is -0.313. The fourth-order valence-corrected chi connectivity index (χ4v) is 2.03. The van der Waals surface area contributed by atoms with Crippen molar-refractivity contribution in [2.24, 2.45) is 29.2 Å². The number of hydrogen-bond acceptors (Lipinski definition) is 10. The standard InChI is InChI=1S/C12H27NO7.C6H13N2O.CH5N.Y/c14-2-11(3-15)8-19-6-10(1-13-18)7-20-9-12(4-16)5-17;7-5-3-1-2-4-6(8)9;1-2;/h10-18H,1-9H2;7H,1-5H2,(H2,8,9);2H2,1H3;/q;-1;;. The SMILES string of the molecule is CN.OCC(CO)COCC(CNO)COCC(CO)CO.[NH-]CCCCCC(N)=O.[Y]. The molecule has 0 aromatic carbocycles. The largest absolute Gasteiger partial charge is 0.677 e. The van der Waals surface area contributed by atoms with Crippen LogP contribution in [0, 0.1) is 17.8 Å². The Balaban J connectivity index is -0.000000275. The minimum Gasteiger partial charge on any atom is -0.677 e. The Labute approximate surface area is 217 Å². The molecule has 32 heavy (non-hydrogen) atoms. The summed E-state index contributed by atoms with van der Waals surface area (Å²) in [5.74, 6) is -0.977. The Morgan fingerprint density at radius 2 is 1.25 bits per heavy atom. The molecular formula is C19H45N4O8Y-.